The van der Waals surface area contributed by atoms with Crippen LogP contribution >= 0.6 is 0 Å². The van der Waals surface area contributed by atoms with Gasteiger partial charge in [0.15, 0.2) is 0 Å². The molecule has 0 aliphatic heterocycles. The van der Waals surface area contributed by atoms with Crippen LogP contribution in [0.25, 0.3) is 0 Å². The molecular weight excluding hydrogens is 178 g/mol. The number of aliphatic hydroxyl groups is 1. The van der Waals surface area contributed by atoms with E-state index in [1.807, 2.05) is 0 Å². The first-order valence-electron chi connectivity index (χ1n) is 5.51. The molecule has 14 heavy (non-hydrogen) atoms. The second-order valence-electron chi connectivity index (χ2n) is 4.93. The molecule has 0 bridgehead atoms. The van der Waals surface area contributed by atoms with Gasteiger partial charge >= 0.3 is 0 Å². The number of ether oxygens (including phenoxy) is 1. The van der Waals surface area contributed by atoms with Crippen LogP contribution in [0.15, 0.2) is 0 Å². The third kappa shape index (κ3) is 2.94. The van der Waals surface area contributed by atoms with Gasteiger partial charge in [-0.15, -0.1) is 0 Å². The first kappa shape index (κ1) is 12.0. The van der Waals surface area contributed by atoms with Gasteiger partial charge in [-0.05, 0) is 31.6 Å². The third-order valence-electron chi connectivity index (χ3n) is 3.24. The van der Waals surface area contributed by atoms with Crippen molar-refractivity contribution in [2.45, 2.75) is 45.3 Å². The molecule has 0 aromatic rings. The normalized spacial score (nSPS) is 23.6. The summed E-state index contributed by atoms with van der Waals surface area (Å²) < 4.78 is 5.68. The smallest absolute Gasteiger partial charge is 0.0675 e. The van der Waals surface area contributed by atoms with Gasteiger partial charge in [-0.2, -0.15) is 0 Å². The van der Waals surface area contributed by atoms with Gasteiger partial charge in [-0.1, -0.05) is 13.8 Å². The average molecular weight is 201 g/mol. The van der Waals surface area contributed by atoms with Crippen molar-refractivity contribution in [3.05, 3.63) is 0 Å². The molecule has 0 aromatic heterocycles. The van der Waals surface area contributed by atoms with Gasteiger partial charge in [-0.3, -0.25) is 0 Å². The monoisotopic (exact) mass is 201 g/mol. The lowest BCUT2D eigenvalue weighted by Gasteiger charge is -2.29. The topological polar surface area (TPSA) is 55.5 Å². The highest BCUT2D eigenvalue weighted by Gasteiger charge is 2.42. The van der Waals surface area contributed by atoms with E-state index in [-0.39, 0.29) is 12.7 Å². The molecule has 1 saturated carbocycles. The predicted octanol–water partition coefficient (Wildman–Crippen LogP) is 1.15. The lowest BCUT2D eigenvalue weighted by molar-refractivity contribution is -0.0149. The van der Waals surface area contributed by atoms with Gasteiger partial charge in [0, 0.05) is 0 Å². The third-order valence-corrected chi connectivity index (χ3v) is 3.24. The summed E-state index contributed by atoms with van der Waals surface area (Å²) in [7, 11) is 0. The lowest BCUT2D eigenvalue weighted by atomic mass is 9.97. The standard InChI is InChI=1S/C11H23NO2/c1-8(2)9(3)14-7-11(12,6-13)10-4-5-10/h8-10,13H,4-7,12H2,1-3H3. The van der Waals surface area contributed by atoms with E-state index in [0.29, 0.717) is 18.4 Å². The van der Waals surface area contributed by atoms with Gasteiger partial charge in [0.05, 0.1) is 24.9 Å². The number of hydrogen-bond donors (Lipinski definition) is 2. The maximum Gasteiger partial charge on any atom is 0.0675 e. The maximum atomic E-state index is 9.24. The summed E-state index contributed by atoms with van der Waals surface area (Å²) >= 11 is 0. The van der Waals surface area contributed by atoms with Crippen molar-refractivity contribution in [1.29, 1.82) is 0 Å². The number of nitrogens with two attached hydrogens (primary N) is 1. The molecule has 0 heterocycles. The summed E-state index contributed by atoms with van der Waals surface area (Å²) in [6, 6.07) is 0. The highest BCUT2D eigenvalue weighted by atomic mass is 16.5. The summed E-state index contributed by atoms with van der Waals surface area (Å²) in [5, 5.41) is 9.24. The number of hydrogen-bond acceptors (Lipinski definition) is 3. The van der Waals surface area contributed by atoms with Crippen molar-refractivity contribution in [3.8, 4) is 0 Å². The minimum Gasteiger partial charge on any atom is -0.394 e. The SMILES string of the molecule is CC(C)C(C)OCC(N)(CO)C1CC1. The molecule has 0 aromatic carbocycles. The second kappa shape index (κ2) is 4.60. The highest BCUT2D eigenvalue weighted by Crippen LogP contribution is 2.38. The van der Waals surface area contributed by atoms with Crippen LogP contribution in [0.4, 0.5) is 0 Å². The van der Waals surface area contributed by atoms with E-state index in [1.165, 1.54) is 0 Å². The predicted molar refractivity (Wildman–Crippen MR) is 57.0 cm³/mol. The molecule has 2 atom stereocenters. The van der Waals surface area contributed by atoms with Gasteiger partial charge in [0.1, 0.15) is 0 Å². The van der Waals surface area contributed by atoms with Crippen LogP contribution in [0.2, 0.25) is 0 Å². The average Bonchev–Trinajstić information content (AvgIpc) is 2.96. The quantitative estimate of drug-likeness (QED) is 0.677. The Labute approximate surface area is 86.6 Å². The fraction of sp³-hybridized carbons (Fsp3) is 1.00. The minimum atomic E-state index is -0.497. The Hall–Kier alpha value is -0.120. The van der Waals surface area contributed by atoms with Crippen LogP contribution in [0.5, 0.6) is 0 Å². The van der Waals surface area contributed by atoms with Crippen molar-refractivity contribution in [2.24, 2.45) is 17.6 Å². The molecular formula is C11H23NO2. The van der Waals surface area contributed by atoms with E-state index in [2.05, 4.69) is 20.8 Å². The molecule has 1 rings (SSSR count). The van der Waals surface area contributed by atoms with Gasteiger partial charge in [-0.25, -0.2) is 0 Å². The molecule has 0 radical (unpaired) electrons. The number of aliphatic hydroxyl groups excluding tert-OH is 1. The van der Waals surface area contributed by atoms with Crippen LogP contribution in [-0.4, -0.2) is 30.0 Å². The van der Waals surface area contributed by atoms with Crippen LogP contribution in [0.1, 0.15) is 33.6 Å². The summed E-state index contributed by atoms with van der Waals surface area (Å²) in [6.07, 6.45) is 2.48. The van der Waals surface area contributed by atoms with Crippen molar-refractivity contribution < 1.29 is 9.84 Å². The van der Waals surface area contributed by atoms with Gasteiger partial charge in [0.2, 0.25) is 0 Å². The molecule has 2 unspecified atom stereocenters. The zero-order valence-corrected chi connectivity index (χ0v) is 9.49. The first-order valence-corrected chi connectivity index (χ1v) is 5.51. The van der Waals surface area contributed by atoms with Crippen molar-refractivity contribution >= 4 is 0 Å². The molecule has 0 amide bonds. The summed E-state index contributed by atoms with van der Waals surface area (Å²) in [5.74, 6) is 0.962. The van der Waals surface area contributed by atoms with Crippen molar-refractivity contribution in [2.75, 3.05) is 13.2 Å². The zero-order chi connectivity index (χ0) is 10.8. The molecule has 1 fully saturated rings. The maximum absolute atomic E-state index is 9.24. The molecule has 1 aliphatic rings. The van der Waals surface area contributed by atoms with E-state index in [1.54, 1.807) is 0 Å². The Morgan fingerprint density at radius 3 is 2.36 bits per heavy atom. The van der Waals surface area contributed by atoms with Gasteiger partial charge in [0.25, 0.3) is 0 Å². The Bertz CT molecular complexity index is 180. The van der Waals surface area contributed by atoms with Crippen molar-refractivity contribution in [1.82, 2.24) is 0 Å². The molecule has 84 valence electrons. The number of rotatable bonds is 6. The van der Waals surface area contributed by atoms with Crippen molar-refractivity contribution in [3.63, 3.8) is 0 Å². The zero-order valence-electron chi connectivity index (χ0n) is 9.49. The van der Waals surface area contributed by atoms with E-state index in [0.717, 1.165) is 12.8 Å². The molecule has 0 spiro atoms. The van der Waals surface area contributed by atoms with Crippen LogP contribution < -0.4 is 5.73 Å². The molecule has 1 aliphatic carbocycles. The molecule has 0 saturated heterocycles. The summed E-state index contributed by atoms with van der Waals surface area (Å²) in [5.41, 5.74) is 5.58. The Kier molecular flexibility index (Phi) is 3.93. The molecule has 3 N–H and O–H groups in total. The van der Waals surface area contributed by atoms with Crippen LogP contribution in [0.3, 0.4) is 0 Å². The summed E-state index contributed by atoms with van der Waals surface area (Å²) in [6.45, 7) is 6.81. The Morgan fingerprint density at radius 1 is 1.43 bits per heavy atom. The Morgan fingerprint density at radius 2 is 2.00 bits per heavy atom. The van der Waals surface area contributed by atoms with Crippen LogP contribution in [0, 0.1) is 11.8 Å². The van der Waals surface area contributed by atoms with E-state index < -0.39 is 5.54 Å². The molecule has 3 nitrogen and oxygen atoms in total. The minimum absolute atomic E-state index is 0.0302. The second-order valence-corrected chi connectivity index (χ2v) is 4.93. The first-order chi connectivity index (χ1) is 6.49. The van der Waals surface area contributed by atoms with Crippen LogP contribution in [-0.2, 0) is 4.74 Å². The van der Waals surface area contributed by atoms with E-state index in [4.69, 9.17) is 10.5 Å². The largest absolute Gasteiger partial charge is 0.394 e. The lowest BCUT2D eigenvalue weighted by Crippen LogP contribution is -2.51. The van der Waals surface area contributed by atoms with E-state index >= 15 is 0 Å². The van der Waals surface area contributed by atoms with Gasteiger partial charge < -0.3 is 15.6 Å². The fourth-order valence-corrected chi connectivity index (χ4v) is 1.43. The highest BCUT2D eigenvalue weighted by molar-refractivity contribution is 4.98. The fourth-order valence-electron chi connectivity index (χ4n) is 1.43. The molecule has 3 heteroatoms. The van der Waals surface area contributed by atoms with E-state index in [9.17, 15) is 5.11 Å². The Balaban J connectivity index is 2.33. The summed E-state index contributed by atoms with van der Waals surface area (Å²) in [4.78, 5) is 0.